The molecule has 190 valence electrons. The molecule has 3 aromatic rings. The second-order valence-electron chi connectivity index (χ2n) is 7.98. The van der Waals surface area contributed by atoms with Crippen molar-refractivity contribution in [2.45, 2.75) is 24.6 Å². The second kappa shape index (κ2) is 10.00. The lowest BCUT2D eigenvalue weighted by molar-refractivity contribution is -0.287. The van der Waals surface area contributed by atoms with Gasteiger partial charge in [0.15, 0.2) is 17.3 Å². The number of aliphatic hydroxyl groups is 1. The minimum Gasteiger partial charge on any atom is -0.493 e. The number of benzene rings is 2. The molecule has 36 heavy (non-hydrogen) atoms. The average molecular weight is 541 g/mol. The van der Waals surface area contributed by atoms with Crippen LogP contribution in [-0.4, -0.2) is 35.9 Å². The number of Topliss-reactive ketones (excluding diaryl/α,β-unsaturated/α-hetero) is 1. The second-order valence-corrected chi connectivity index (χ2v) is 9.37. The van der Waals surface area contributed by atoms with Gasteiger partial charge >= 0.3 is 12.2 Å². The van der Waals surface area contributed by atoms with Gasteiger partial charge in [0.25, 0.3) is 0 Å². The molecule has 2 heterocycles. The van der Waals surface area contributed by atoms with Gasteiger partial charge in [0.1, 0.15) is 12.5 Å². The maximum atomic E-state index is 14.0. The quantitative estimate of drug-likeness (QED) is 0.363. The Hall–Kier alpha value is -3.28. The third kappa shape index (κ3) is 4.99. The van der Waals surface area contributed by atoms with Crippen LogP contribution in [0.15, 0.2) is 60.0 Å². The molecule has 2 aromatic carbocycles. The summed E-state index contributed by atoms with van der Waals surface area (Å²) < 4.78 is 53.3. The van der Waals surface area contributed by atoms with E-state index in [2.05, 4.69) is 5.32 Å². The van der Waals surface area contributed by atoms with Gasteiger partial charge in [-0.3, -0.25) is 4.79 Å². The molecule has 2 amide bonds. The number of halogens is 4. The maximum Gasteiger partial charge on any atom is 0.437 e. The monoisotopic (exact) mass is 540 g/mol. The molecule has 1 aliphatic heterocycles. The van der Waals surface area contributed by atoms with E-state index in [9.17, 15) is 27.9 Å². The molecule has 0 bridgehead atoms. The highest BCUT2D eigenvalue weighted by Crippen LogP contribution is 2.45. The number of nitrogens with one attached hydrogen (secondary N) is 2. The summed E-state index contributed by atoms with van der Waals surface area (Å²) in [7, 11) is 1.34. The first-order valence-electron chi connectivity index (χ1n) is 10.5. The molecule has 7 nitrogen and oxygen atoms in total. The van der Waals surface area contributed by atoms with Crippen molar-refractivity contribution in [3.63, 3.8) is 0 Å². The lowest BCUT2D eigenvalue weighted by atomic mass is 9.78. The summed E-state index contributed by atoms with van der Waals surface area (Å²) in [6.07, 6.45) is -5.34. The Kier molecular flexibility index (Phi) is 7.17. The summed E-state index contributed by atoms with van der Waals surface area (Å²) in [5.41, 5.74) is -2.89. The van der Waals surface area contributed by atoms with Crippen molar-refractivity contribution in [3.05, 3.63) is 81.0 Å². The van der Waals surface area contributed by atoms with Gasteiger partial charge in [0, 0.05) is 5.02 Å². The summed E-state index contributed by atoms with van der Waals surface area (Å²) in [6.45, 7) is 0.157. The summed E-state index contributed by atoms with van der Waals surface area (Å²) in [5.74, 6) is -2.67. The summed E-state index contributed by atoms with van der Waals surface area (Å²) >= 11 is 6.81. The fourth-order valence-electron chi connectivity index (χ4n) is 3.93. The molecule has 0 aliphatic carbocycles. The Balaban J connectivity index is 1.70. The number of thiophene rings is 1. The van der Waals surface area contributed by atoms with Crippen LogP contribution in [0.4, 0.5) is 18.0 Å². The van der Waals surface area contributed by atoms with Gasteiger partial charge in [0.2, 0.25) is 5.72 Å². The van der Waals surface area contributed by atoms with E-state index in [0.717, 1.165) is 16.9 Å². The van der Waals surface area contributed by atoms with Crippen molar-refractivity contribution in [2.24, 2.45) is 5.92 Å². The SMILES string of the molecule is COc1cc([C@H]2NC(=O)N[C@@](O)(C(F)(F)F)[C@H]2C(=O)c2cccs2)ccc1OCc1ccc(Cl)cc1. The van der Waals surface area contributed by atoms with E-state index in [1.165, 1.54) is 48.1 Å². The van der Waals surface area contributed by atoms with Crippen molar-refractivity contribution >= 4 is 34.8 Å². The van der Waals surface area contributed by atoms with Crippen molar-refractivity contribution in [1.29, 1.82) is 0 Å². The van der Waals surface area contributed by atoms with Crippen LogP contribution in [0.5, 0.6) is 11.5 Å². The van der Waals surface area contributed by atoms with Crippen molar-refractivity contribution in [2.75, 3.05) is 7.11 Å². The number of hydrogen-bond donors (Lipinski definition) is 3. The molecular weight excluding hydrogens is 521 g/mol. The van der Waals surface area contributed by atoms with Crippen LogP contribution in [0.3, 0.4) is 0 Å². The molecule has 3 atom stereocenters. The number of hydrogen-bond acceptors (Lipinski definition) is 6. The molecule has 4 rings (SSSR count). The molecule has 1 saturated heterocycles. The van der Waals surface area contributed by atoms with Crippen molar-refractivity contribution in [3.8, 4) is 11.5 Å². The molecule has 12 heteroatoms. The number of carbonyl (C=O) groups excluding carboxylic acids is 2. The number of carbonyl (C=O) groups is 2. The summed E-state index contributed by atoms with van der Waals surface area (Å²) in [5, 5.41) is 16.6. The van der Waals surface area contributed by atoms with Crippen LogP contribution in [0.25, 0.3) is 0 Å². The molecule has 0 radical (unpaired) electrons. The zero-order chi connectivity index (χ0) is 26.1. The molecule has 0 spiro atoms. The van der Waals surface area contributed by atoms with Gasteiger partial charge in [-0.1, -0.05) is 35.9 Å². The average Bonchev–Trinajstić information content (AvgIpc) is 3.37. The molecule has 1 fully saturated rings. The van der Waals surface area contributed by atoms with Crippen LogP contribution < -0.4 is 20.1 Å². The number of urea groups is 1. The van der Waals surface area contributed by atoms with E-state index in [-0.39, 0.29) is 28.5 Å². The van der Waals surface area contributed by atoms with Gasteiger partial charge in [-0.25, -0.2) is 4.79 Å². The van der Waals surface area contributed by atoms with Crippen molar-refractivity contribution in [1.82, 2.24) is 10.6 Å². The fraction of sp³-hybridized carbons (Fsp3) is 0.250. The minimum atomic E-state index is -5.34. The topological polar surface area (TPSA) is 96.9 Å². The first-order valence-corrected chi connectivity index (χ1v) is 11.8. The number of amides is 2. The zero-order valence-corrected chi connectivity index (χ0v) is 20.2. The number of rotatable bonds is 7. The minimum absolute atomic E-state index is 0.000469. The molecule has 3 N–H and O–H groups in total. The molecule has 0 saturated carbocycles. The highest BCUT2D eigenvalue weighted by molar-refractivity contribution is 7.12. The normalized spacial score (nSPS) is 21.9. The smallest absolute Gasteiger partial charge is 0.437 e. The zero-order valence-electron chi connectivity index (χ0n) is 18.6. The highest BCUT2D eigenvalue weighted by atomic mass is 35.5. The van der Waals surface area contributed by atoms with Gasteiger partial charge in [0.05, 0.1) is 18.0 Å². The molecular formula is C24H20ClF3N2O5S. The first-order chi connectivity index (χ1) is 17.0. The number of ketones is 1. The molecule has 1 aromatic heterocycles. The third-order valence-electron chi connectivity index (χ3n) is 5.71. The Morgan fingerprint density at radius 3 is 2.50 bits per heavy atom. The Labute approximate surface area is 212 Å². The number of alkyl halides is 3. The van der Waals surface area contributed by atoms with Crippen LogP contribution in [0, 0.1) is 5.92 Å². The van der Waals surface area contributed by atoms with E-state index in [1.807, 2.05) is 0 Å². The fourth-order valence-corrected chi connectivity index (χ4v) is 4.76. The number of ether oxygens (including phenoxy) is 2. The van der Waals surface area contributed by atoms with Crippen molar-refractivity contribution < 1.29 is 37.3 Å². The van der Waals surface area contributed by atoms with E-state index in [4.69, 9.17) is 21.1 Å². The van der Waals surface area contributed by atoms with Gasteiger partial charge < -0.3 is 25.2 Å². The van der Waals surface area contributed by atoms with Gasteiger partial charge in [-0.2, -0.15) is 13.2 Å². The lowest BCUT2D eigenvalue weighted by Crippen LogP contribution is -2.72. The Bertz CT molecular complexity index is 1250. The highest BCUT2D eigenvalue weighted by Gasteiger charge is 2.66. The number of methoxy groups -OCH3 is 1. The van der Waals surface area contributed by atoms with E-state index in [0.29, 0.717) is 5.02 Å². The van der Waals surface area contributed by atoms with Crippen LogP contribution in [0.1, 0.15) is 26.8 Å². The van der Waals surface area contributed by atoms with Crippen LogP contribution in [0.2, 0.25) is 5.02 Å². The predicted octanol–water partition coefficient (Wildman–Crippen LogP) is 5.09. The van der Waals surface area contributed by atoms with E-state index in [1.54, 1.807) is 24.3 Å². The standard InChI is InChI=1S/C24H20ClF3N2O5S/c1-34-17-11-14(6-9-16(17)35-12-13-4-7-15(25)8-5-13)20-19(21(31)18-3-2-10-36-18)23(33,24(26,27)28)30-22(32)29-20/h2-11,19-20,33H,12H2,1H3,(H2,29,30,32)/t19-,20-,23+/m1/s1. The Morgan fingerprint density at radius 1 is 1.17 bits per heavy atom. The maximum absolute atomic E-state index is 14.0. The summed E-state index contributed by atoms with van der Waals surface area (Å²) in [6, 6.07) is 11.2. The van der Waals surface area contributed by atoms with Crippen LogP contribution >= 0.6 is 22.9 Å². The van der Waals surface area contributed by atoms with E-state index < -0.39 is 35.7 Å². The third-order valence-corrected chi connectivity index (χ3v) is 6.84. The van der Waals surface area contributed by atoms with E-state index >= 15 is 0 Å². The predicted molar refractivity (Wildman–Crippen MR) is 126 cm³/mol. The first kappa shape index (κ1) is 25.8. The van der Waals surface area contributed by atoms with Gasteiger partial charge in [-0.15, -0.1) is 11.3 Å². The Morgan fingerprint density at radius 2 is 1.89 bits per heavy atom. The largest absolute Gasteiger partial charge is 0.493 e. The molecule has 0 unspecified atom stereocenters. The summed E-state index contributed by atoms with van der Waals surface area (Å²) in [4.78, 5) is 25.4. The lowest BCUT2D eigenvalue weighted by Gasteiger charge is -2.44. The van der Waals surface area contributed by atoms with Crippen LogP contribution in [-0.2, 0) is 6.61 Å². The molecule has 1 aliphatic rings. The van der Waals surface area contributed by atoms with Gasteiger partial charge in [-0.05, 0) is 46.8 Å².